The molecule has 0 atom stereocenters. The molecular weight excluding hydrogens is 341 g/mol. The van der Waals surface area contributed by atoms with Crippen LogP contribution in [-0.2, 0) is 13.2 Å². The average molecular weight is 359 g/mol. The van der Waals surface area contributed by atoms with Gasteiger partial charge in [0.15, 0.2) is 0 Å². The molecule has 0 saturated heterocycles. The summed E-state index contributed by atoms with van der Waals surface area (Å²) in [5.74, 6) is 0.854. The quantitative estimate of drug-likeness (QED) is 0.762. The molecule has 0 bridgehead atoms. The van der Waals surface area contributed by atoms with Gasteiger partial charge >= 0.3 is 0 Å². The van der Waals surface area contributed by atoms with Crippen LogP contribution in [0.15, 0.2) is 42.5 Å². The first kappa shape index (κ1) is 17.4. The van der Waals surface area contributed by atoms with Crippen LogP contribution in [-0.4, -0.2) is 6.04 Å². The molecule has 3 rings (SSSR count). The van der Waals surface area contributed by atoms with Gasteiger partial charge in [0.2, 0.25) is 0 Å². The van der Waals surface area contributed by atoms with Crippen molar-refractivity contribution in [3.63, 3.8) is 0 Å². The molecule has 2 aromatic rings. The van der Waals surface area contributed by atoms with Crippen LogP contribution in [0.4, 0.5) is 0 Å². The van der Waals surface area contributed by atoms with Crippen molar-refractivity contribution in [1.29, 1.82) is 0 Å². The lowest BCUT2D eigenvalue weighted by Crippen LogP contribution is -2.16. The molecule has 0 spiro atoms. The maximum atomic E-state index is 6.15. The molecule has 0 radical (unpaired) electrons. The number of hydrogen-bond acceptors (Lipinski definition) is 2. The third kappa shape index (κ3) is 4.79. The van der Waals surface area contributed by atoms with E-state index in [1.807, 2.05) is 42.5 Å². The molecule has 1 fully saturated rings. The van der Waals surface area contributed by atoms with E-state index in [4.69, 9.17) is 27.9 Å². The lowest BCUT2D eigenvalue weighted by molar-refractivity contribution is 0.302. The zero-order valence-electron chi connectivity index (χ0n) is 12.0. The number of ether oxygens (including phenoxy) is 1. The molecule has 1 aliphatic carbocycles. The number of nitrogens with one attached hydrogen (secondary N) is 1. The minimum Gasteiger partial charge on any atom is -0.489 e. The van der Waals surface area contributed by atoms with Gasteiger partial charge in [-0.3, -0.25) is 0 Å². The standard InChI is InChI=1S/C17H17Cl2NO.ClH/c18-14-5-8-17(13(9-14)10-20-15-6-7-15)21-11-12-3-1-2-4-16(12)19;/h1-5,8-9,15,20H,6-7,10-11H2;1H. The Bertz CT molecular complexity index is 629. The van der Waals surface area contributed by atoms with Crippen molar-refractivity contribution in [2.75, 3.05) is 0 Å². The SMILES string of the molecule is Cl.Clc1ccc(OCc2ccccc2Cl)c(CNC2CC2)c1. The van der Waals surface area contributed by atoms with Crippen molar-refractivity contribution in [3.05, 3.63) is 63.6 Å². The van der Waals surface area contributed by atoms with Crippen molar-refractivity contribution in [3.8, 4) is 5.75 Å². The fourth-order valence-corrected chi connectivity index (χ4v) is 2.52. The summed E-state index contributed by atoms with van der Waals surface area (Å²) >= 11 is 12.2. The Balaban J connectivity index is 0.00000176. The Morgan fingerprint density at radius 2 is 1.82 bits per heavy atom. The highest BCUT2D eigenvalue weighted by molar-refractivity contribution is 6.31. The summed E-state index contributed by atoms with van der Waals surface area (Å²) in [5, 5.41) is 4.94. The normalized spacial score (nSPS) is 13.5. The molecule has 0 heterocycles. The molecule has 0 aliphatic heterocycles. The molecule has 1 saturated carbocycles. The van der Waals surface area contributed by atoms with Gasteiger partial charge in [-0.25, -0.2) is 0 Å². The van der Waals surface area contributed by atoms with Crippen molar-refractivity contribution < 1.29 is 4.74 Å². The molecule has 1 N–H and O–H groups in total. The van der Waals surface area contributed by atoms with Crippen LogP contribution in [0, 0.1) is 0 Å². The van der Waals surface area contributed by atoms with E-state index in [1.54, 1.807) is 0 Å². The highest BCUT2D eigenvalue weighted by Crippen LogP contribution is 2.26. The van der Waals surface area contributed by atoms with Gasteiger partial charge < -0.3 is 10.1 Å². The number of hydrogen-bond donors (Lipinski definition) is 1. The van der Waals surface area contributed by atoms with Gasteiger partial charge in [-0.05, 0) is 37.1 Å². The Kier molecular flexibility index (Phi) is 6.39. The van der Waals surface area contributed by atoms with Crippen LogP contribution >= 0.6 is 35.6 Å². The maximum Gasteiger partial charge on any atom is 0.124 e. The first-order valence-electron chi connectivity index (χ1n) is 7.10. The summed E-state index contributed by atoms with van der Waals surface area (Å²) in [7, 11) is 0. The van der Waals surface area contributed by atoms with Crippen molar-refractivity contribution in [2.45, 2.75) is 32.0 Å². The maximum absolute atomic E-state index is 6.15. The Morgan fingerprint density at radius 3 is 2.55 bits per heavy atom. The molecule has 2 aromatic carbocycles. The van der Waals surface area contributed by atoms with Crippen LogP contribution in [0.25, 0.3) is 0 Å². The van der Waals surface area contributed by atoms with E-state index in [2.05, 4.69) is 5.32 Å². The van der Waals surface area contributed by atoms with Crippen molar-refractivity contribution >= 4 is 35.6 Å². The lowest BCUT2D eigenvalue weighted by Gasteiger charge is -2.13. The third-order valence-corrected chi connectivity index (χ3v) is 4.13. The van der Waals surface area contributed by atoms with Gasteiger partial charge in [0.25, 0.3) is 0 Å². The predicted molar refractivity (Wildman–Crippen MR) is 94.3 cm³/mol. The van der Waals surface area contributed by atoms with Gasteiger partial charge in [0.05, 0.1) is 0 Å². The largest absolute Gasteiger partial charge is 0.489 e. The number of halogens is 3. The summed E-state index contributed by atoms with van der Waals surface area (Å²) in [6.45, 7) is 1.24. The van der Waals surface area contributed by atoms with Crippen LogP contribution in [0.1, 0.15) is 24.0 Å². The first-order valence-corrected chi connectivity index (χ1v) is 7.86. The third-order valence-electron chi connectivity index (χ3n) is 3.52. The molecule has 22 heavy (non-hydrogen) atoms. The number of rotatable bonds is 6. The highest BCUT2D eigenvalue weighted by Gasteiger charge is 2.20. The van der Waals surface area contributed by atoms with Crippen LogP contribution < -0.4 is 10.1 Å². The van der Waals surface area contributed by atoms with E-state index in [0.29, 0.717) is 12.6 Å². The molecule has 0 amide bonds. The van der Waals surface area contributed by atoms with Gasteiger partial charge in [-0.2, -0.15) is 0 Å². The summed E-state index contributed by atoms with van der Waals surface area (Å²) in [6.07, 6.45) is 2.52. The summed E-state index contributed by atoms with van der Waals surface area (Å²) in [5.41, 5.74) is 2.07. The average Bonchev–Trinajstić information content (AvgIpc) is 3.30. The molecule has 0 unspecified atom stereocenters. The van der Waals surface area contributed by atoms with E-state index < -0.39 is 0 Å². The monoisotopic (exact) mass is 357 g/mol. The number of benzene rings is 2. The minimum atomic E-state index is 0. The molecule has 1 aliphatic rings. The molecular formula is C17H18Cl3NO. The van der Waals surface area contributed by atoms with Crippen LogP contribution in [0.5, 0.6) is 5.75 Å². The smallest absolute Gasteiger partial charge is 0.124 e. The van der Waals surface area contributed by atoms with E-state index in [0.717, 1.165) is 33.5 Å². The fraction of sp³-hybridized carbons (Fsp3) is 0.294. The lowest BCUT2D eigenvalue weighted by atomic mass is 10.2. The van der Waals surface area contributed by atoms with Crippen LogP contribution in [0.3, 0.4) is 0 Å². The molecule has 2 nitrogen and oxygen atoms in total. The topological polar surface area (TPSA) is 21.3 Å². The van der Waals surface area contributed by atoms with Crippen molar-refractivity contribution in [1.82, 2.24) is 5.32 Å². The van der Waals surface area contributed by atoms with E-state index >= 15 is 0 Å². The predicted octanol–water partition coefficient (Wildman–Crippen LogP) is 5.25. The summed E-state index contributed by atoms with van der Waals surface area (Å²) < 4.78 is 5.93. The highest BCUT2D eigenvalue weighted by atomic mass is 35.5. The minimum absolute atomic E-state index is 0. The van der Waals surface area contributed by atoms with Crippen LogP contribution in [0.2, 0.25) is 10.0 Å². The van der Waals surface area contributed by atoms with E-state index in [9.17, 15) is 0 Å². The van der Waals surface area contributed by atoms with E-state index in [1.165, 1.54) is 12.8 Å². The second kappa shape index (κ2) is 8.07. The summed E-state index contributed by atoms with van der Waals surface area (Å²) in [4.78, 5) is 0. The molecule has 5 heteroatoms. The Labute approximate surface area is 147 Å². The van der Waals surface area contributed by atoms with Gasteiger partial charge in [0, 0.05) is 33.8 Å². The van der Waals surface area contributed by atoms with Gasteiger partial charge in [-0.15, -0.1) is 12.4 Å². The molecule has 0 aromatic heterocycles. The summed E-state index contributed by atoms with van der Waals surface area (Å²) in [6, 6.07) is 14.1. The van der Waals surface area contributed by atoms with E-state index in [-0.39, 0.29) is 12.4 Å². The Hall–Kier alpha value is -0.930. The van der Waals surface area contributed by atoms with Gasteiger partial charge in [-0.1, -0.05) is 41.4 Å². The second-order valence-corrected chi connectivity index (χ2v) is 6.13. The second-order valence-electron chi connectivity index (χ2n) is 5.29. The fourth-order valence-electron chi connectivity index (χ4n) is 2.14. The van der Waals surface area contributed by atoms with Gasteiger partial charge in [0.1, 0.15) is 12.4 Å². The first-order chi connectivity index (χ1) is 10.2. The zero-order chi connectivity index (χ0) is 14.7. The zero-order valence-corrected chi connectivity index (χ0v) is 14.3. The molecule has 118 valence electrons. The van der Waals surface area contributed by atoms with Crippen molar-refractivity contribution in [2.24, 2.45) is 0 Å². The Morgan fingerprint density at radius 1 is 1.05 bits per heavy atom.